The van der Waals surface area contributed by atoms with Gasteiger partial charge in [0.25, 0.3) is 0 Å². The normalized spacial score (nSPS) is 32.6. The predicted molar refractivity (Wildman–Crippen MR) is 77.7 cm³/mol. The molecule has 1 saturated heterocycles. The van der Waals surface area contributed by atoms with Crippen molar-refractivity contribution in [3.63, 3.8) is 0 Å². The highest BCUT2D eigenvalue weighted by Gasteiger charge is 2.44. The van der Waals surface area contributed by atoms with Crippen LogP contribution in [0.15, 0.2) is 35.9 Å². The Bertz CT molecular complexity index is 505. The maximum atomic E-state index is 9.68. The molecule has 0 spiro atoms. The molecule has 3 atom stereocenters. The molecular formula is C17H22O3. The van der Waals surface area contributed by atoms with Gasteiger partial charge in [0, 0.05) is 11.3 Å². The second-order valence-corrected chi connectivity index (χ2v) is 6.13. The Morgan fingerprint density at radius 1 is 1.35 bits per heavy atom. The van der Waals surface area contributed by atoms with Crippen LogP contribution in [0.25, 0.3) is 0 Å². The number of ether oxygens (including phenoxy) is 2. The molecule has 1 aromatic carbocycles. The van der Waals surface area contributed by atoms with Crippen molar-refractivity contribution in [3.05, 3.63) is 41.5 Å². The zero-order valence-corrected chi connectivity index (χ0v) is 12.1. The first-order valence-electron chi connectivity index (χ1n) is 7.20. The third kappa shape index (κ3) is 2.25. The molecule has 0 unspecified atom stereocenters. The van der Waals surface area contributed by atoms with Crippen LogP contribution in [0, 0.1) is 11.3 Å². The number of hydrogen-bond donors (Lipinski definition) is 1. The zero-order valence-electron chi connectivity index (χ0n) is 12.1. The van der Waals surface area contributed by atoms with Crippen LogP contribution in [0.1, 0.15) is 31.4 Å². The molecule has 108 valence electrons. The second-order valence-electron chi connectivity index (χ2n) is 6.13. The summed E-state index contributed by atoms with van der Waals surface area (Å²) in [4.78, 5) is 0. The van der Waals surface area contributed by atoms with Gasteiger partial charge in [-0.25, -0.2) is 0 Å². The third-order valence-corrected chi connectivity index (χ3v) is 4.81. The molecule has 20 heavy (non-hydrogen) atoms. The lowest BCUT2D eigenvalue weighted by atomic mass is 9.67. The van der Waals surface area contributed by atoms with Gasteiger partial charge in [-0.1, -0.05) is 23.8 Å². The molecule has 0 aromatic heterocycles. The molecule has 1 fully saturated rings. The summed E-state index contributed by atoms with van der Waals surface area (Å²) >= 11 is 0. The average Bonchev–Trinajstić information content (AvgIpc) is 2.52. The molecule has 2 bridgehead atoms. The number of aliphatic hydroxyl groups excluding tert-OH is 1. The van der Waals surface area contributed by atoms with Crippen LogP contribution in [0.4, 0.5) is 0 Å². The summed E-state index contributed by atoms with van der Waals surface area (Å²) < 4.78 is 11.3. The van der Waals surface area contributed by atoms with Crippen LogP contribution in [0.2, 0.25) is 0 Å². The van der Waals surface area contributed by atoms with Gasteiger partial charge in [0.05, 0.1) is 26.4 Å². The smallest absolute Gasteiger partial charge is 0.118 e. The quantitative estimate of drug-likeness (QED) is 0.861. The zero-order chi connectivity index (χ0) is 14.2. The van der Waals surface area contributed by atoms with Crippen LogP contribution < -0.4 is 4.74 Å². The van der Waals surface area contributed by atoms with E-state index in [1.807, 2.05) is 12.1 Å². The number of aliphatic hydroxyl groups is 1. The highest BCUT2D eigenvalue weighted by Crippen LogP contribution is 2.50. The molecule has 1 heterocycles. The topological polar surface area (TPSA) is 38.7 Å². The van der Waals surface area contributed by atoms with Crippen molar-refractivity contribution >= 4 is 0 Å². The summed E-state index contributed by atoms with van der Waals surface area (Å²) in [5.41, 5.74) is 2.51. The van der Waals surface area contributed by atoms with E-state index >= 15 is 0 Å². The fourth-order valence-electron chi connectivity index (χ4n) is 3.38. The first-order chi connectivity index (χ1) is 9.67. The SMILES string of the molecule is COc1ccc([C@H]2OC[C@]3(CO)CC=C(C)[C@H]2C3)cc1. The summed E-state index contributed by atoms with van der Waals surface area (Å²) in [6.07, 6.45) is 4.32. The summed E-state index contributed by atoms with van der Waals surface area (Å²) in [6, 6.07) is 8.12. The van der Waals surface area contributed by atoms with Gasteiger partial charge >= 0.3 is 0 Å². The van der Waals surface area contributed by atoms with Crippen molar-refractivity contribution in [2.45, 2.75) is 25.9 Å². The van der Waals surface area contributed by atoms with Gasteiger partial charge < -0.3 is 14.6 Å². The molecule has 1 N–H and O–H groups in total. The largest absolute Gasteiger partial charge is 0.497 e. The summed E-state index contributed by atoms with van der Waals surface area (Å²) in [7, 11) is 1.68. The number of hydrogen-bond acceptors (Lipinski definition) is 3. The fourth-order valence-corrected chi connectivity index (χ4v) is 3.38. The van der Waals surface area contributed by atoms with Crippen LogP contribution in [-0.2, 0) is 4.74 Å². The van der Waals surface area contributed by atoms with E-state index in [4.69, 9.17) is 9.47 Å². The molecule has 3 heteroatoms. The lowest BCUT2D eigenvalue weighted by Gasteiger charge is -2.47. The molecule has 1 aliphatic carbocycles. The van der Waals surface area contributed by atoms with Gasteiger partial charge in [-0.2, -0.15) is 0 Å². The predicted octanol–water partition coefficient (Wildman–Crippen LogP) is 3.10. The Hall–Kier alpha value is -1.32. The number of rotatable bonds is 3. The first kappa shape index (κ1) is 13.7. The van der Waals surface area contributed by atoms with E-state index in [1.165, 1.54) is 11.1 Å². The van der Waals surface area contributed by atoms with E-state index in [0.29, 0.717) is 12.5 Å². The molecule has 1 aliphatic heterocycles. The number of benzene rings is 1. The van der Waals surface area contributed by atoms with Gasteiger partial charge in [-0.15, -0.1) is 0 Å². The Labute approximate surface area is 120 Å². The number of fused-ring (bicyclic) bond motifs is 2. The Morgan fingerprint density at radius 3 is 2.75 bits per heavy atom. The Balaban J connectivity index is 1.87. The fraction of sp³-hybridized carbons (Fsp3) is 0.529. The van der Waals surface area contributed by atoms with Gasteiger partial charge in [-0.05, 0) is 37.5 Å². The summed E-state index contributed by atoms with van der Waals surface area (Å²) in [5.74, 6) is 1.24. The minimum atomic E-state index is -0.0624. The van der Waals surface area contributed by atoms with Crippen molar-refractivity contribution < 1.29 is 14.6 Å². The molecule has 0 radical (unpaired) electrons. The molecule has 1 aromatic rings. The minimum absolute atomic E-state index is 0.0624. The van der Waals surface area contributed by atoms with Crippen molar-refractivity contribution in [1.82, 2.24) is 0 Å². The van der Waals surface area contributed by atoms with E-state index in [9.17, 15) is 5.11 Å². The number of methoxy groups -OCH3 is 1. The van der Waals surface area contributed by atoms with Crippen molar-refractivity contribution in [3.8, 4) is 5.75 Å². The number of allylic oxidation sites excluding steroid dienone is 1. The lowest BCUT2D eigenvalue weighted by molar-refractivity contribution is -0.113. The van der Waals surface area contributed by atoms with Crippen LogP contribution >= 0.6 is 0 Å². The lowest BCUT2D eigenvalue weighted by Crippen LogP contribution is -2.43. The van der Waals surface area contributed by atoms with Crippen molar-refractivity contribution in [1.29, 1.82) is 0 Å². The summed E-state index contributed by atoms with van der Waals surface area (Å²) in [5, 5.41) is 9.68. The molecule has 2 aliphatic rings. The van der Waals surface area contributed by atoms with E-state index in [2.05, 4.69) is 25.1 Å². The second kappa shape index (κ2) is 5.23. The van der Waals surface area contributed by atoms with Gasteiger partial charge in [0.2, 0.25) is 0 Å². The highest BCUT2D eigenvalue weighted by atomic mass is 16.5. The van der Waals surface area contributed by atoms with E-state index < -0.39 is 0 Å². The average molecular weight is 274 g/mol. The van der Waals surface area contributed by atoms with Gasteiger partial charge in [-0.3, -0.25) is 0 Å². The minimum Gasteiger partial charge on any atom is -0.497 e. The first-order valence-corrected chi connectivity index (χ1v) is 7.20. The van der Waals surface area contributed by atoms with E-state index in [-0.39, 0.29) is 18.1 Å². The molecule has 0 amide bonds. The molecule has 0 saturated carbocycles. The van der Waals surface area contributed by atoms with Crippen molar-refractivity contribution in [2.75, 3.05) is 20.3 Å². The Kier molecular flexibility index (Phi) is 3.57. The van der Waals surface area contributed by atoms with E-state index in [0.717, 1.165) is 18.6 Å². The highest BCUT2D eigenvalue weighted by molar-refractivity contribution is 5.31. The monoisotopic (exact) mass is 274 g/mol. The van der Waals surface area contributed by atoms with E-state index in [1.54, 1.807) is 7.11 Å². The maximum absolute atomic E-state index is 9.68. The Morgan fingerprint density at radius 2 is 2.10 bits per heavy atom. The third-order valence-electron chi connectivity index (χ3n) is 4.81. The van der Waals surface area contributed by atoms with Crippen LogP contribution in [0.3, 0.4) is 0 Å². The van der Waals surface area contributed by atoms with Crippen LogP contribution in [0.5, 0.6) is 5.75 Å². The van der Waals surface area contributed by atoms with Gasteiger partial charge in [0.15, 0.2) is 0 Å². The molecule has 3 nitrogen and oxygen atoms in total. The van der Waals surface area contributed by atoms with Gasteiger partial charge in [0.1, 0.15) is 5.75 Å². The standard InChI is InChI=1S/C17H22O3/c1-12-7-8-17(10-18)9-15(12)16(20-11-17)13-3-5-14(19-2)6-4-13/h3-7,15-16,18H,8-11H2,1-2H3/t15-,16-,17-/m1/s1. The molecule has 3 rings (SSSR count). The maximum Gasteiger partial charge on any atom is 0.118 e. The van der Waals surface area contributed by atoms with Crippen molar-refractivity contribution in [2.24, 2.45) is 11.3 Å². The van der Waals surface area contributed by atoms with Crippen LogP contribution in [-0.4, -0.2) is 25.4 Å². The molecular weight excluding hydrogens is 252 g/mol. The summed E-state index contributed by atoms with van der Waals surface area (Å²) in [6.45, 7) is 3.03.